The van der Waals surface area contributed by atoms with Crippen LogP contribution in [-0.2, 0) is 29.1 Å². The molecular formula is C29H40N6O7S. The number of aromatic nitrogens is 2. The average molecular weight is 617 g/mol. The lowest BCUT2D eigenvalue weighted by Gasteiger charge is -2.27. The Balaban J connectivity index is 1.22. The number of morpholine rings is 1. The second-order valence-electron chi connectivity index (χ2n) is 12.3. The van der Waals surface area contributed by atoms with Gasteiger partial charge in [-0.1, -0.05) is 12.2 Å². The van der Waals surface area contributed by atoms with Crippen LogP contribution in [-0.4, -0.2) is 97.8 Å². The van der Waals surface area contributed by atoms with E-state index in [0.29, 0.717) is 70.4 Å². The second-order valence-corrected chi connectivity index (χ2v) is 14.3. The number of allylic oxidation sites excluding steroid dienone is 1. The Labute approximate surface area is 251 Å². The van der Waals surface area contributed by atoms with Crippen molar-refractivity contribution >= 4 is 33.7 Å². The molecule has 3 amide bonds. The Hall–Kier alpha value is -3.26. The van der Waals surface area contributed by atoms with Crippen molar-refractivity contribution < 1.29 is 32.3 Å². The number of hydrogen-bond donors (Lipinski definition) is 2. The standard InChI is InChI=1S/C29H40N6O7S/c1-34-11-5-3-2-4-6-19-18-29(19,27(38)33-43(39,40)21-7-8-21)32-25(36)22-16-20(17-23(22)26(34)37)42-24-9-10-30-28(31-24)35-12-14-41-15-13-35/h4,6,9-10,19-23H,2-3,5,7-8,11-18H2,1H3,(H,32,36)(H,33,38)/b6-4-/t19-,20+,22+,23+,29+/m0/s1. The molecule has 14 heteroatoms. The zero-order valence-corrected chi connectivity index (χ0v) is 25.3. The second kappa shape index (κ2) is 12.0. The number of ether oxygens (including phenoxy) is 2. The number of nitrogens with one attached hydrogen (secondary N) is 2. The molecule has 3 heterocycles. The molecule has 1 aromatic heterocycles. The maximum absolute atomic E-state index is 13.9. The highest BCUT2D eigenvalue weighted by molar-refractivity contribution is 7.91. The highest BCUT2D eigenvalue weighted by atomic mass is 32.2. The van der Waals surface area contributed by atoms with Crippen LogP contribution in [0.4, 0.5) is 5.95 Å². The van der Waals surface area contributed by atoms with E-state index in [-0.39, 0.29) is 18.2 Å². The number of nitrogens with zero attached hydrogens (tertiary/aromatic N) is 4. The topological polar surface area (TPSA) is 160 Å². The molecule has 2 aliphatic heterocycles. The van der Waals surface area contributed by atoms with E-state index in [9.17, 15) is 22.8 Å². The summed E-state index contributed by atoms with van der Waals surface area (Å²) in [6.45, 7) is 3.10. The third-order valence-corrected chi connectivity index (χ3v) is 11.0. The van der Waals surface area contributed by atoms with Crippen molar-refractivity contribution in [3.8, 4) is 5.88 Å². The van der Waals surface area contributed by atoms with Crippen LogP contribution in [0.2, 0.25) is 0 Å². The molecule has 0 unspecified atom stereocenters. The molecule has 13 nitrogen and oxygen atoms in total. The zero-order valence-electron chi connectivity index (χ0n) is 24.4. The molecular weight excluding hydrogens is 576 g/mol. The number of carbonyl (C=O) groups excluding carboxylic acids is 3. The van der Waals surface area contributed by atoms with Crippen LogP contribution in [0.25, 0.3) is 0 Å². The summed E-state index contributed by atoms with van der Waals surface area (Å²) in [6.07, 6.45) is 9.39. The normalized spacial score (nSPS) is 32.6. The molecule has 0 spiro atoms. The predicted molar refractivity (Wildman–Crippen MR) is 155 cm³/mol. The van der Waals surface area contributed by atoms with Gasteiger partial charge in [0.25, 0.3) is 5.91 Å². The third-order valence-electron chi connectivity index (χ3n) is 9.20. The van der Waals surface area contributed by atoms with Crippen LogP contribution in [0.3, 0.4) is 0 Å². The van der Waals surface area contributed by atoms with Crippen molar-refractivity contribution in [2.24, 2.45) is 17.8 Å². The molecule has 1 saturated heterocycles. The Kier molecular flexibility index (Phi) is 8.33. The predicted octanol–water partition coefficient (Wildman–Crippen LogP) is 0.769. The number of rotatable bonds is 6. The molecule has 1 aromatic rings. The summed E-state index contributed by atoms with van der Waals surface area (Å²) >= 11 is 0. The Morgan fingerprint density at radius 2 is 1.91 bits per heavy atom. The maximum atomic E-state index is 13.9. The van der Waals surface area contributed by atoms with E-state index in [0.717, 1.165) is 19.3 Å². The summed E-state index contributed by atoms with van der Waals surface area (Å²) in [4.78, 5) is 53.6. The van der Waals surface area contributed by atoms with Gasteiger partial charge in [-0.25, -0.2) is 13.4 Å². The fourth-order valence-corrected chi connectivity index (χ4v) is 7.74. The quantitative estimate of drug-likeness (QED) is 0.437. The first-order valence-electron chi connectivity index (χ1n) is 15.3. The van der Waals surface area contributed by atoms with E-state index < -0.39 is 50.6 Å². The summed E-state index contributed by atoms with van der Waals surface area (Å²) in [6, 6.07) is 1.66. The minimum atomic E-state index is -3.79. The summed E-state index contributed by atoms with van der Waals surface area (Å²) in [5.74, 6) is -2.12. The molecule has 5 aliphatic rings. The number of hydrogen-bond acceptors (Lipinski definition) is 10. The van der Waals surface area contributed by atoms with Crippen LogP contribution in [0, 0.1) is 17.8 Å². The van der Waals surface area contributed by atoms with Crippen molar-refractivity contribution in [1.82, 2.24) is 24.9 Å². The van der Waals surface area contributed by atoms with Crippen LogP contribution in [0.15, 0.2) is 24.4 Å². The van der Waals surface area contributed by atoms with E-state index in [1.807, 2.05) is 17.1 Å². The largest absolute Gasteiger partial charge is 0.474 e. The lowest BCUT2D eigenvalue weighted by Crippen LogP contribution is -2.54. The number of amides is 3. The zero-order chi connectivity index (χ0) is 30.2. The highest BCUT2D eigenvalue weighted by Crippen LogP contribution is 2.47. The lowest BCUT2D eigenvalue weighted by molar-refractivity contribution is -0.140. The van der Waals surface area contributed by atoms with E-state index in [1.165, 1.54) is 0 Å². The van der Waals surface area contributed by atoms with Gasteiger partial charge in [0.05, 0.1) is 30.3 Å². The van der Waals surface area contributed by atoms with Crippen molar-refractivity contribution in [3.63, 3.8) is 0 Å². The monoisotopic (exact) mass is 616 g/mol. The summed E-state index contributed by atoms with van der Waals surface area (Å²) < 4.78 is 39.1. The van der Waals surface area contributed by atoms with Crippen molar-refractivity contribution in [2.75, 3.05) is 44.8 Å². The molecule has 0 bridgehead atoms. The van der Waals surface area contributed by atoms with Gasteiger partial charge in [-0.05, 0) is 51.4 Å². The SMILES string of the molecule is CN1CCCC/C=C\[C@H]2C[C@@]2(C(=O)NS(=O)(=O)C2CC2)NC(=O)[C@@H]2C[C@@H](Oc3ccnc(N4CCOCC4)n3)C[C@H]2C1=O. The van der Waals surface area contributed by atoms with Crippen molar-refractivity contribution in [1.29, 1.82) is 0 Å². The average Bonchev–Trinajstić information content (AvgIpc) is 3.92. The summed E-state index contributed by atoms with van der Waals surface area (Å²) in [5.41, 5.74) is -1.36. The fourth-order valence-electron chi connectivity index (χ4n) is 6.38. The maximum Gasteiger partial charge on any atom is 0.259 e. The number of carbonyl (C=O) groups is 3. The Bertz CT molecular complexity index is 1380. The van der Waals surface area contributed by atoms with Crippen LogP contribution in [0.5, 0.6) is 5.88 Å². The molecule has 0 radical (unpaired) electrons. The molecule has 6 rings (SSSR count). The molecule has 5 atom stereocenters. The van der Waals surface area contributed by atoms with Gasteiger partial charge in [-0.15, -0.1) is 0 Å². The highest BCUT2D eigenvalue weighted by Gasteiger charge is 2.62. The van der Waals surface area contributed by atoms with Gasteiger partial charge in [0.15, 0.2) is 0 Å². The van der Waals surface area contributed by atoms with Crippen LogP contribution in [0.1, 0.15) is 51.4 Å². The first-order valence-corrected chi connectivity index (χ1v) is 16.8. The third kappa shape index (κ3) is 6.49. The summed E-state index contributed by atoms with van der Waals surface area (Å²) in [5, 5.41) is 2.35. The van der Waals surface area contributed by atoms with Crippen molar-refractivity contribution in [3.05, 3.63) is 24.4 Å². The van der Waals surface area contributed by atoms with Gasteiger partial charge in [0.2, 0.25) is 33.7 Å². The number of fused-ring (bicyclic) bond motifs is 2. The van der Waals surface area contributed by atoms with E-state index in [2.05, 4.69) is 20.0 Å². The van der Waals surface area contributed by atoms with Gasteiger partial charge in [0.1, 0.15) is 11.6 Å². The van der Waals surface area contributed by atoms with Gasteiger partial charge in [-0.2, -0.15) is 4.98 Å². The number of sulfonamides is 1. The lowest BCUT2D eigenvalue weighted by atomic mass is 9.93. The van der Waals surface area contributed by atoms with Crippen LogP contribution < -0.4 is 19.7 Å². The smallest absolute Gasteiger partial charge is 0.259 e. The number of anilines is 1. The molecule has 234 valence electrons. The molecule has 2 N–H and O–H groups in total. The molecule has 3 aliphatic carbocycles. The van der Waals surface area contributed by atoms with Crippen molar-refractivity contribution in [2.45, 2.75) is 68.3 Å². The van der Waals surface area contributed by atoms with Gasteiger partial charge in [0, 0.05) is 44.9 Å². The Morgan fingerprint density at radius 3 is 2.67 bits per heavy atom. The molecule has 43 heavy (non-hydrogen) atoms. The first-order chi connectivity index (χ1) is 20.7. The minimum Gasteiger partial charge on any atom is -0.474 e. The van der Waals surface area contributed by atoms with Gasteiger partial charge >= 0.3 is 0 Å². The van der Waals surface area contributed by atoms with E-state index >= 15 is 0 Å². The van der Waals surface area contributed by atoms with Gasteiger partial charge in [-0.3, -0.25) is 19.1 Å². The van der Waals surface area contributed by atoms with Gasteiger partial charge < -0.3 is 24.6 Å². The fraction of sp³-hybridized carbons (Fsp3) is 0.690. The minimum absolute atomic E-state index is 0.141. The first kappa shape index (κ1) is 29.8. The Morgan fingerprint density at radius 1 is 1.14 bits per heavy atom. The summed E-state index contributed by atoms with van der Waals surface area (Å²) in [7, 11) is -2.04. The van der Waals surface area contributed by atoms with Crippen LogP contribution >= 0.6 is 0 Å². The van der Waals surface area contributed by atoms with E-state index in [4.69, 9.17) is 9.47 Å². The molecule has 3 saturated carbocycles. The molecule has 4 fully saturated rings. The van der Waals surface area contributed by atoms with E-state index in [1.54, 1.807) is 24.2 Å². The molecule has 0 aromatic carbocycles.